The normalized spacial score (nSPS) is 16.7. The summed E-state index contributed by atoms with van der Waals surface area (Å²) >= 11 is 0. The first kappa shape index (κ1) is 24.4. The molecule has 2 N–H and O–H groups in total. The number of rotatable bonds is 11. The number of aliphatic hydroxyl groups excluding tert-OH is 1. The third kappa shape index (κ3) is 5.22. The molecular formula is C26H39N3O3. The van der Waals surface area contributed by atoms with Gasteiger partial charge in [0.2, 0.25) is 0 Å². The second-order valence-electron chi connectivity index (χ2n) is 9.91. The molecule has 1 unspecified atom stereocenters. The number of hydrogen-bond donors (Lipinski definition) is 2. The van der Waals surface area contributed by atoms with Crippen molar-refractivity contribution in [2.45, 2.75) is 90.6 Å². The fourth-order valence-electron chi connectivity index (χ4n) is 5.26. The highest BCUT2D eigenvalue weighted by atomic mass is 16.3. The number of benzene rings is 1. The number of fused-ring (bicyclic) bond motifs is 1. The molecule has 1 saturated carbocycles. The minimum Gasteiger partial charge on any atom is -0.393 e. The first-order valence-electron chi connectivity index (χ1n) is 12.3. The standard InChI is InChI=1S/C26H39N3O3/c1-5-21(6-2)29-23-12-11-20(25(32)28-26(16-30,17-31)15-18(3)4)14-22(23)27-24(29)13-19-9-7-8-10-19/h11-12,14,16,18-19,21,31H,5-10,13,15,17H2,1-4H3,(H,28,32). The number of nitrogens with zero attached hydrogens (tertiary/aromatic N) is 2. The van der Waals surface area contributed by atoms with Crippen molar-refractivity contribution in [3.8, 4) is 0 Å². The van der Waals surface area contributed by atoms with Crippen LogP contribution in [0.2, 0.25) is 0 Å². The van der Waals surface area contributed by atoms with Gasteiger partial charge in [-0.15, -0.1) is 0 Å². The van der Waals surface area contributed by atoms with E-state index in [0.717, 1.165) is 36.1 Å². The lowest BCUT2D eigenvalue weighted by Crippen LogP contribution is -2.53. The monoisotopic (exact) mass is 441 g/mol. The SMILES string of the molecule is CCC(CC)n1c(CC2CCCC2)nc2cc(C(=O)NC(C=O)(CO)CC(C)C)ccc21. The Labute approximate surface area is 191 Å². The number of aldehydes is 1. The average Bonchev–Trinajstić information content (AvgIpc) is 3.41. The molecule has 1 aromatic heterocycles. The van der Waals surface area contributed by atoms with E-state index in [1.54, 1.807) is 6.07 Å². The molecule has 0 bridgehead atoms. The topological polar surface area (TPSA) is 84.2 Å². The molecule has 6 heteroatoms. The van der Waals surface area contributed by atoms with Crippen molar-refractivity contribution in [3.63, 3.8) is 0 Å². The highest BCUT2D eigenvalue weighted by Crippen LogP contribution is 2.32. The lowest BCUT2D eigenvalue weighted by molar-refractivity contribution is -0.115. The third-order valence-electron chi connectivity index (χ3n) is 6.92. The predicted molar refractivity (Wildman–Crippen MR) is 128 cm³/mol. The van der Waals surface area contributed by atoms with Gasteiger partial charge in [0.1, 0.15) is 17.6 Å². The highest BCUT2D eigenvalue weighted by molar-refractivity contribution is 5.99. The second-order valence-corrected chi connectivity index (χ2v) is 9.91. The van der Waals surface area contributed by atoms with E-state index in [-0.39, 0.29) is 11.8 Å². The lowest BCUT2D eigenvalue weighted by atomic mass is 9.90. The first-order chi connectivity index (χ1) is 15.4. The average molecular weight is 442 g/mol. The fraction of sp³-hybridized carbons (Fsp3) is 0.654. The zero-order valence-electron chi connectivity index (χ0n) is 20.1. The Morgan fingerprint density at radius 2 is 1.97 bits per heavy atom. The van der Waals surface area contributed by atoms with E-state index in [9.17, 15) is 14.7 Å². The summed E-state index contributed by atoms with van der Waals surface area (Å²) < 4.78 is 2.39. The van der Waals surface area contributed by atoms with Gasteiger partial charge in [-0.05, 0) is 49.3 Å². The smallest absolute Gasteiger partial charge is 0.252 e. The van der Waals surface area contributed by atoms with Gasteiger partial charge in [0.25, 0.3) is 5.91 Å². The van der Waals surface area contributed by atoms with Crippen LogP contribution in [0.25, 0.3) is 11.0 Å². The van der Waals surface area contributed by atoms with E-state index in [2.05, 4.69) is 23.7 Å². The maximum Gasteiger partial charge on any atom is 0.252 e. The Hall–Kier alpha value is -2.21. The Morgan fingerprint density at radius 3 is 2.53 bits per heavy atom. The molecule has 1 fully saturated rings. The van der Waals surface area contributed by atoms with E-state index in [4.69, 9.17) is 4.98 Å². The van der Waals surface area contributed by atoms with Crippen LogP contribution in [0.1, 0.15) is 94.9 Å². The summed E-state index contributed by atoms with van der Waals surface area (Å²) in [5.41, 5.74) is 1.09. The van der Waals surface area contributed by atoms with Crippen molar-refractivity contribution < 1.29 is 14.7 Å². The van der Waals surface area contributed by atoms with Crippen LogP contribution in [0.15, 0.2) is 18.2 Å². The van der Waals surface area contributed by atoms with Gasteiger partial charge in [0.05, 0.1) is 17.6 Å². The molecule has 176 valence electrons. The summed E-state index contributed by atoms with van der Waals surface area (Å²) in [5, 5.41) is 12.6. The summed E-state index contributed by atoms with van der Waals surface area (Å²) in [5.74, 6) is 1.61. The number of hydrogen-bond acceptors (Lipinski definition) is 4. The van der Waals surface area contributed by atoms with E-state index in [0.29, 0.717) is 30.2 Å². The van der Waals surface area contributed by atoms with Crippen LogP contribution in [-0.4, -0.2) is 39.0 Å². The van der Waals surface area contributed by atoms with Crippen molar-refractivity contribution in [3.05, 3.63) is 29.6 Å². The van der Waals surface area contributed by atoms with Crippen LogP contribution >= 0.6 is 0 Å². The quantitative estimate of drug-likeness (QED) is 0.489. The highest BCUT2D eigenvalue weighted by Gasteiger charge is 2.32. The Kier molecular flexibility index (Phi) is 8.10. The van der Waals surface area contributed by atoms with Crippen molar-refractivity contribution in [2.75, 3.05) is 6.61 Å². The zero-order chi connectivity index (χ0) is 23.3. The van der Waals surface area contributed by atoms with Gasteiger partial charge in [-0.3, -0.25) is 4.79 Å². The number of carbonyl (C=O) groups excluding carboxylic acids is 2. The maximum absolute atomic E-state index is 13.0. The van der Waals surface area contributed by atoms with Gasteiger partial charge in [-0.25, -0.2) is 4.98 Å². The van der Waals surface area contributed by atoms with Gasteiger partial charge in [-0.2, -0.15) is 0 Å². The van der Waals surface area contributed by atoms with Gasteiger partial charge in [-0.1, -0.05) is 53.4 Å². The molecule has 1 aliphatic carbocycles. The van der Waals surface area contributed by atoms with E-state index < -0.39 is 12.1 Å². The number of amides is 1. The van der Waals surface area contributed by atoms with Gasteiger partial charge in [0, 0.05) is 18.0 Å². The number of imidazole rings is 1. The van der Waals surface area contributed by atoms with Gasteiger partial charge in [0.15, 0.2) is 0 Å². The Bertz CT molecular complexity index is 926. The summed E-state index contributed by atoms with van der Waals surface area (Å²) in [6.07, 6.45) is 9.25. The van der Waals surface area contributed by atoms with Crippen LogP contribution in [0.5, 0.6) is 0 Å². The molecule has 6 nitrogen and oxygen atoms in total. The molecule has 3 rings (SSSR count). The molecule has 32 heavy (non-hydrogen) atoms. The molecule has 0 aliphatic heterocycles. The van der Waals surface area contributed by atoms with Crippen molar-refractivity contribution in [1.82, 2.24) is 14.9 Å². The zero-order valence-corrected chi connectivity index (χ0v) is 20.1. The molecule has 1 aromatic carbocycles. The van der Waals surface area contributed by atoms with Gasteiger partial charge < -0.3 is 19.8 Å². The minimum absolute atomic E-state index is 0.156. The van der Waals surface area contributed by atoms with Gasteiger partial charge >= 0.3 is 0 Å². The molecule has 0 spiro atoms. The second kappa shape index (κ2) is 10.6. The molecular weight excluding hydrogens is 402 g/mol. The van der Waals surface area contributed by atoms with Crippen LogP contribution in [0.3, 0.4) is 0 Å². The third-order valence-corrected chi connectivity index (χ3v) is 6.92. The predicted octanol–water partition coefficient (Wildman–Crippen LogP) is 4.84. The summed E-state index contributed by atoms with van der Waals surface area (Å²) in [7, 11) is 0. The van der Waals surface area contributed by atoms with Crippen molar-refractivity contribution in [2.24, 2.45) is 11.8 Å². The number of carbonyl (C=O) groups is 2. The molecule has 1 aliphatic rings. The molecule has 0 saturated heterocycles. The summed E-state index contributed by atoms with van der Waals surface area (Å²) in [6, 6.07) is 6.00. The lowest BCUT2D eigenvalue weighted by Gasteiger charge is -2.28. The van der Waals surface area contributed by atoms with Crippen LogP contribution in [0.4, 0.5) is 0 Å². The minimum atomic E-state index is -1.26. The summed E-state index contributed by atoms with van der Waals surface area (Å²) in [4.78, 5) is 29.7. The number of aromatic nitrogens is 2. The van der Waals surface area contributed by atoms with E-state index in [1.165, 1.54) is 25.7 Å². The Morgan fingerprint density at radius 1 is 1.28 bits per heavy atom. The molecule has 1 atom stereocenters. The first-order valence-corrected chi connectivity index (χ1v) is 12.3. The molecule has 1 heterocycles. The summed E-state index contributed by atoms with van der Waals surface area (Å²) in [6.45, 7) is 7.93. The number of nitrogens with one attached hydrogen (secondary N) is 1. The Balaban J connectivity index is 1.95. The van der Waals surface area contributed by atoms with E-state index in [1.807, 2.05) is 26.0 Å². The fourth-order valence-corrected chi connectivity index (χ4v) is 5.26. The molecule has 1 amide bonds. The van der Waals surface area contributed by atoms with Crippen molar-refractivity contribution >= 4 is 23.2 Å². The largest absolute Gasteiger partial charge is 0.393 e. The molecule has 0 radical (unpaired) electrons. The molecule has 2 aromatic rings. The van der Waals surface area contributed by atoms with Crippen LogP contribution in [0, 0.1) is 11.8 Å². The maximum atomic E-state index is 13.0. The van der Waals surface area contributed by atoms with Crippen LogP contribution in [-0.2, 0) is 11.2 Å². The number of aliphatic hydroxyl groups is 1. The van der Waals surface area contributed by atoms with Crippen molar-refractivity contribution in [1.29, 1.82) is 0 Å². The van der Waals surface area contributed by atoms with E-state index >= 15 is 0 Å². The van der Waals surface area contributed by atoms with Crippen LogP contribution < -0.4 is 5.32 Å².